The molecule has 0 saturated heterocycles. The summed E-state index contributed by atoms with van der Waals surface area (Å²) in [5.41, 5.74) is 2.78. The molecule has 1 aliphatic carbocycles. The van der Waals surface area contributed by atoms with Crippen molar-refractivity contribution >= 4 is 22.6 Å². The minimum absolute atomic E-state index is 0.0676. The van der Waals surface area contributed by atoms with Crippen LogP contribution in [0.2, 0.25) is 0 Å². The molecule has 5 heteroatoms. The van der Waals surface area contributed by atoms with Gasteiger partial charge in [-0.2, -0.15) is 0 Å². The highest BCUT2D eigenvalue weighted by Gasteiger charge is 2.26. The Morgan fingerprint density at radius 3 is 2.63 bits per heavy atom. The Morgan fingerprint density at radius 1 is 1.00 bits per heavy atom. The first-order chi connectivity index (χ1) is 13.1. The number of fused-ring (bicyclic) bond motifs is 1. The smallest absolute Gasteiger partial charge is 0.319 e. The second kappa shape index (κ2) is 7.27. The summed E-state index contributed by atoms with van der Waals surface area (Å²) in [5.74, 6) is 0.503. The fourth-order valence-electron chi connectivity index (χ4n) is 4.00. The van der Waals surface area contributed by atoms with Gasteiger partial charge in [-0.05, 0) is 48.9 Å². The molecule has 0 aliphatic heterocycles. The molecule has 1 aliphatic rings. The summed E-state index contributed by atoms with van der Waals surface area (Å²) in [5, 5.41) is 6.90. The number of carbonyl (C=O) groups is 1. The van der Waals surface area contributed by atoms with E-state index in [0.717, 1.165) is 30.2 Å². The summed E-state index contributed by atoms with van der Waals surface area (Å²) in [4.78, 5) is 24.3. The minimum Gasteiger partial charge on any atom is -0.335 e. The fraction of sp³-hybridized carbons (Fsp3) is 0.273. The lowest BCUT2D eigenvalue weighted by atomic mass is 9.98. The number of anilines is 1. The van der Waals surface area contributed by atoms with E-state index in [1.165, 1.54) is 11.6 Å². The van der Waals surface area contributed by atoms with E-state index in [0.29, 0.717) is 11.6 Å². The van der Waals surface area contributed by atoms with Crippen LogP contribution in [0.1, 0.15) is 30.7 Å². The number of hydrogen-bond donors (Lipinski definition) is 2. The second-order valence-electron chi connectivity index (χ2n) is 7.19. The summed E-state index contributed by atoms with van der Waals surface area (Å²) in [6.07, 6.45) is 3.03. The van der Waals surface area contributed by atoms with Crippen molar-refractivity contribution < 1.29 is 4.79 Å². The largest absolute Gasteiger partial charge is 0.335 e. The number of pyridine rings is 1. The molecular formula is C22H23N3O2. The third-order valence-electron chi connectivity index (χ3n) is 5.45. The normalized spacial score (nSPS) is 19.1. The van der Waals surface area contributed by atoms with Crippen LogP contribution in [-0.4, -0.2) is 16.6 Å². The number of aromatic nitrogens is 1. The van der Waals surface area contributed by atoms with Crippen molar-refractivity contribution in [2.45, 2.75) is 31.2 Å². The molecule has 5 nitrogen and oxygen atoms in total. The van der Waals surface area contributed by atoms with Gasteiger partial charge < -0.3 is 15.2 Å². The Morgan fingerprint density at radius 2 is 1.81 bits per heavy atom. The van der Waals surface area contributed by atoms with Crippen molar-refractivity contribution in [3.8, 4) is 0 Å². The van der Waals surface area contributed by atoms with E-state index >= 15 is 0 Å². The van der Waals surface area contributed by atoms with Crippen LogP contribution in [0.5, 0.6) is 0 Å². The predicted octanol–water partition coefficient (Wildman–Crippen LogP) is 4.00. The van der Waals surface area contributed by atoms with Crippen LogP contribution in [0.15, 0.2) is 65.5 Å². The molecule has 2 N–H and O–H groups in total. The van der Waals surface area contributed by atoms with Crippen molar-refractivity contribution in [2.24, 2.45) is 7.05 Å². The number of nitrogens with zero attached hydrogens (tertiary/aromatic N) is 1. The van der Waals surface area contributed by atoms with Gasteiger partial charge in [-0.3, -0.25) is 4.79 Å². The van der Waals surface area contributed by atoms with Gasteiger partial charge in [-0.25, -0.2) is 4.79 Å². The van der Waals surface area contributed by atoms with Crippen molar-refractivity contribution in [3.05, 3.63) is 76.6 Å². The average molecular weight is 361 g/mol. The molecule has 0 unspecified atom stereocenters. The van der Waals surface area contributed by atoms with Crippen LogP contribution in [0.4, 0.5) is 10.5 Å². The predicted molar refractivity (Wildman–Crippen MR) is 108 cm³/mol. The molecular weight excluding hydrogens is 338 g/mol. The van der Waals surface area contributed by atoms with Crippen LogP contribution in [-0.2, 0) is 7.05 Å². The zero-order chi connectivity index (χ0) is 18.8. The van der Waals surface area contributed by atoms with Crippen molar-refractivity contribution in [1.29, 1.82) is 0 Å². The summed E-state index contributed by atoms with van der Waals surface area (Å²) in [6, 6.07) is 19.3. The van der Waals surface area contributed by atoms with Gasteiger partial charge in [-0.1, -0.05) is 36.4 Å². The molecule has 3 aromatic rings. The number of aryl methyl sites for hydroxylation is 1. The fourth-order valence-corrected chi connectivity index (χ4v) is 4.00. The van der Waals surface area contributed by atoms with E-state index in [4.69, 9.17) is 0 Å². The monoisotopic (exact) mass is 361 g/mol. The topological polar surface area (TPSA) is 63.1 Å². The maximum Gasteiger partial charge on any atom is 0.319 e. The quantitative estimate of drug-likeness (QED) is 0.741. The Balaban J connectivity index is 1.44. The van der Waals surface area contributed by atoms with E-state index in [1.54, 1.807) is 17.7 Å². The molecule has 2 atom stereocenters. The van der Waals surface area contributed by atoms with E-state index in [2.05, 4.69) is 34.9 Å². The Kier molecular flexibility index (Phi) is 4.67. The van der Waals surface area contributed by atoms with Gasteiger partial charge in [0.2, 0.25) is 0 Å². The summed E-state index contributed by atoms with van der Waals surface area (Å²) < 4.78 is 1.58. The Hall–Kier alpha value is -3.08. The van der Waals surface area contributed by atoms with Crippen LogP contribution in [0.3, 0.4) is 0 Å². The molecule has 1 aromatic heterocycles. The number of benzene rings is 2. The lowest BCUT2D eigenvalue weighted by Gasteiger charge is -2.16. The second-order valence-corrected chi connectivity index (χ2v) is 7.19. The molecule has 1 heterocycles. The van der Waals surface area contributed by atoms with Gasteiger partial charge in [0.15, 0.2) is 0 Å². The number of rotatable bonds is 3. The number of urea groups is 1. The van der Waals surface area contributed by atoms with E-state index in [-0.39, 0.29) is 17.6 Å². The number of hydrogen-bond acceptors (Lipinski definition) is 2. The van der Waals surface area contributed by atoms with Gasteiger partial charge in [0, 0.05) is 24.5 Å². The van der Waals surface area contributed by atoms with Crippen LogP contribution in [0.25, 0.3) is 10.9 Å². The highest BCUT2D eigenvalue weighted by atomic mass is 16.2. The first kappa shape index (κ1) is 17.3. The van der Waals surface area contributed by atoms with Crippen LogP contribution < -0.4 is 16.2 Å². The molecule has 4 rings (SSSR count). The molecule has 1 fully saturated rings. The molecule has 0 bridgehead atoms. The average Bonchev–Trinajstić information content (AvgIpc) is 3.14. The first-order valence-corrected chi connectivity index (χ1v) is 9.33. The maximum absolute atomic E-state index is 12.5. The molecule has 0 spiro atoms. The van der Waals surface area contributed by atoms with Crippen molar-refractivity contribution in [3.63, 3.8) is 0 Å². The van der Waals surface area contributed by atoms with Gasteiger partial charge in [0.05, 0.1) is 11.2 Å². The SMILES string of the molecule is Cn1c(=O)ccc2c(NC(=O)N[C@H]3CC[C@@H](c4ccccc4)C3)cccc21. The molecule has 2 amide bonds. The standard InChI is InChI=1S/C22H23N3O2/c1-25-20-9-5-8-19(18(20)12-13-21(25)26)24-22(27)23-17-11-10-16(14-17)15-6-3-2-4-7-15/h2-9,12-13,16-17H,10-11,14H2,1H3,(H2,23,24,27)/t16-,17+/m1/s1. The van der Waals surface area contributed by atoms with E-state index in [1.807, 2.05) is 24.3 Å². The van der Waals surface area contributed by atoms with Gasteiger partial charge in [-0.15, -0.1) is 0 Å². The van der Waals surface area contributed by atoms with Crippen LogP contribution >= 0.6 is 0 Å². The van der Waals surface area contributed by atoms with Crippen LogP contribution in [0, 0.1) is 0 Å². The van der Waals surface area contributed by atoms with Gasteiger partial charge >= 0.3 is 6.03 Å². The van der Waals surface area contributed by atoms with Gasteiger partial charge in [0.25, 0.3) is 5.56 Å². The van der Waals surface area contributed by atoms with Crippen molar-refractivity contribution in [1.82, 2.24) is 9.88 Å². The summed E-state index contributed by atoms with van der Waals surface area (Å²) in [7, 11) is 1.73. The number of nitrogens with one attached hydrogen (secondary N) is 2. The maximum atomic E-state index is 12.5. The van der Waals surface area contributed by atoms with Gasteiger partial charge in [0.1, 0.15) is 0 Å². The molecule has 27 heavy (non-hydrogen) atoms. The number of amides is 2. The summed E-state index contributed by atoms with van der Waals surface area (Å²) in [6.45, 7) is 0. The lowest BCUT2D eigenvalue weighted by Crippen LogP contribution is -2.36. The first-order valence-electron chi connectivity index (χ1n) is 9.33. The third kappa shape index (κ3) is 3.58. The zero-order valence-corrected chi connectivity index (χ0v) is 15.3. The molecule has 1 saturated carbocycles. The minimum atomic E-state index is -0.199. The number of carbonyl (C=O) groups excluding carboxylic acids is 1. The highest BCUT2D eigenvalue weighted by Crippen LogP contribution is 2.34. The molecule has 0 radical (unpaired) electrons. The van der Waals surface area contributed by atoms with E-state index in [9.17, 15) is 9.59 Å². The Bertz CT molecular complexity index is 1030. The molecule has 138 valence electrons. The van der Waals surface area contributed by atoms with Crippen molar-refractivity contribution in [2.75, 3.05) is 5.32 Å². The summed E-state index contributed by atoms with van der Waals surface area (Å²) >= 11 is 0. The zero-order valence-electron chi connectivity index (χ0n) is 15.3. The molecule has 2 aromatic carbocycles. The Labute approximate surface area is 158 Å². The van der Waals surface area contributed by atoms with E-state index < -0.39 is 0 Å². The third-order valence-corrected chi connectivity index (χ3v) is 5.45. The lowest BCUT2D eigenvalue weighted by molar-refractivity contribution is 0.248. The highest BCUT2D eigenvalue weighted by molar-refractivity contribution is 6.00.